The van der Waals surface area contributed by atoms with E-state index < -0.39 is 0 Å². The molecule has 78 valence electrons. The Morgan fingerprint density at radius 1 is 1.14 bits per heavy atom. The first kappa shape index (κ1) is 9.75. The molecule has 1 fully saturated rings. The van der Waals surface area contributed by atoms with Crippen molar-refractivity contribution in [2.75, 3.05) is 0 Å². The Morgan fingerprint density at radius 2 is 1.79 bits per heavy atom. The summed E-state index contributed by atoms with van der Waals surface area (Å²) in [6, 6.07) is 2.14. The van der Waals surface area contributed by atoms with E-state index in [1.807, 2.05) is 6.20 Å². The molecule has 2 rings (SSSR count). The van der Waals surface area contributed by atoms with E-state index in [1.165, 1.54) is 50.6 Å². The lowest BCUT2D eigenvalue weighted by Gasteiger charge is -2.30. The lowest BCUT2D eigenvalue weighted by molar-refractivity contribution is 0.333. The molecule has 1 aliphatic carbocycles. The fourth-order valence-electron chi connectivity index (χ4n) is 2.55. The first-order chi connectivity index (χ1) is 6.81. The summed E-state index contributed by atoms with van der Waals surface area (Å²) in [6.45, 7) is 2.38. The van der Waals surface area contributed by atoms with Gasteiger partial charge in [0.05, 0.1) is 0 Å². The minimum atomic E-state index is 0.358. The molecule has 1 N–H and O–H groups in total. The molecule has 0 bridgehead atoms. The standard InChI is InChI=1S/C12H20N2/c1-12(11-7-10-13-14-11)8-5-3-2-4-6-9-12/h7,10H,2-6,8-9H2,1H3,(H,13,14). The average molecular weight is 192 g/mol. The highest BCUT2D eigenvalue weighted by Gasteiger charge is 2.27. The van der Waals surface area contributed by atoms with Crippen LogP contribution in [0.25, 0.3) is 0 Å². The molecule has 1 heterocycles. The molecule has 0 aliphatic heterocycles. The van der Waals surface area contributed by atoms with Gasteiger partial charge >= 0.3 is 0 Å². The maximum Gasteiger partial charge on any atom is 0.0490 e. The highest BCUT2D eigenvalue weighted by atomic mass is 15.1. The van der Waals surface area contributed by atoms with Gasteiger partial charge in [-0.15, -0.1) is 0 Å². The van der Waals surface area contributed by atoms with Crippen molar-refractivity contribution in [1.29, 1.82) is 0 Å². The van der Waals surface area contributed by atoms with Crippen LogP contribution in [0.4, 0.5) is 0 Å². The van der Waals surface area contributed by atoms with Crippen LogP contribution in [0.5, 0.6) is 0 Å². The topological polar surface area (TPSA) is 28.7 Å². The summed E-state index contributed by atoms with van der Waals surface area (Å²) in [5, 5.41) is 7.22. The number of nitrogens with one attached hydrogen (secondary N) is 1. The Labute approximate surface area is 86.1 Å². The van der Waals surface area contributed by atoms with Crippen molar-refractivity contribution < 1.29 is 0 Å². The van der Waals surface area contributed by atoms with E-state index in [0.29, 0.717) is 5.41 Å². The van der Waals surface area contributed by atoms with Crippen LogP contribution in [0, 0.1) is 0 Å². The molecular weight excluding hydrogens is 172 g/mol. The monoisotopic (exact) mass is 192 g/mol. The van der Waals surface area contributed by atoms with E-state index in [9.17, 15) is 0 Å². The molecule has 0 atom stereocenters. The minimum absolute atomic E-state index is 0.358. The minimum Gasteiger partial charge on any atom is -0.282 e. The summed E-state index contributed by atoms with van der Waals surface area (Å²) in [6.07, 6.45) is 11.5. The van der Waals surface area contributed by atoms with E-state index in [2.05, 4.69) is 23.2 Å². The molecule has 2 nitrogen and oxygen atoms in total. The van der Waals surface area contributed by atoms with E-state index >= 15 is 0 Å². The highest BCUT2D eigenvalue weighted by molar-refractivity contribution is 5.13. The van der Waals surface area contributed by atoms with Crippen LogP contribution in [0.1, 0.15) is 57.6 Å². The molecule has 0 radical (unpaired) electrons. The summed E-state index contributed by atoms with van der Waals surface area (Å²) >= 11 is 0. The molecule has 0 aromatic carbocycles. The van der Waals surface area contributed by atoms with Gasteiger partial charge in [-0.1, -0.05) is 39.0 Å². The van der Waals surface area contributed by atoms with Gasteiger partial charge in [0, 0.05) is 17.3 Å². The predicted octanol–water partition coefficient (Wildman–Crippen LogP) is 3.41. The van der Waals surface area contributed by atoms with Gasteiger partial charge in [0.15, 0.2) is 0 Å². The lowest BCUT2D eigenvalue weighted by atomic mass is 9.75. The highest BCUT2D eigenvalue weighted by Crippen LogP contribution is 2.35. The molecule has 1 saturated carbocycles. The van der Waals surface area contributed by atoms with E-state index in [1.54, 1.807) is 0 Å². The number of H-pyrrole nitrogens is 1. The molecule has 2 heteroatoms. The fourth-order valence-corrected chi connectivity index (χ4v) is 2.55. The Morgan fingerprint density at radius 3 is 2.36 bits per heavy atom. The van der Waals surface area contributed by atoms with Crippen LogP contribution >= 0.6 is 0 Å². The summed E-state index contributed by atoms with van der Waals surface area (Å²) in [4.78, 5) is 0. The van der Waals surface area contributed by atoms with Gasteiger partial charge in [0.1, 0.15) is 0 Å². The number of aromatic nitrogens is 2. The van der Waals surface area contributed by atoms with Crippen molar-refractivity contribution in [3.05, 3.63) is 18.0 Å². The second kappa shape index (κ2) is 4.16. The summed E-state index contributed by atoms with van der Waals surface area (Å²) in [5.74, 6) is 0. The van der Waals surface area contributed by atoms with Gasteiger partial charge in [-0.2, -0.15) is 5.10 Å². The Kier molecular flexibility index (Phi) is 2.90. The van der Waals surface area contributed by atoms with Crippen LogP contribution in [0.3, 0.4) is 0 Å². The maximum absolute atomic E-state index is 4.07. The molecule has 0 amide bonds. The number of aromatic amines is 1. The lowest BCUT2D eigenvalue weighted by Crippen LogP contribution is -2.23. The molecule has 14 heavy (non-hydrogen) atoms. The number of rotatable bonds is 1. The molecule has 1 aromatic heterocycles. The summed E-state index contributed by atoms with van der Waals surface area (Å²) in [7, 11) is 0. The molecule has 1 aliphatic rings. The Bertz CT molecular complexity index is 256. The van der Waals surface area contributed by atoms with Crippen molar-refractivity contribution >= 4 is 0 Å². The van der Waals surface area contributed by atoms with Crippen molar-refractivity contribution in [1.82, 2.24) is 10.2 Å². The number of hydrogen-bond donors (Lipinski definition) is 1. The predicted molar refractivity (Wildman–Crippen MR) is 58.3 cm³/mol. The second-order valence-electron chi connectivity index (χ2n) is 4.80. The number of nitrogens with zero attached hydrogens (tertiary/aromatic N) is 1. The maximum atomic E-state index is 4.07. The quantitative estimate of drug-likeness (QED) is 0.725. The van der Waals surface area contributed by atoms with Gasteiger partial charge in [-0.05, 0) is 18.9 Å². The Hall–Kier alpha value is -0.790. The summed E-state index contributed by atoms with van der Waals surface area (Å²) in [5.41, 5.74) is 1.69. The van der Waals surface area contributed by atoms with Crippen LogP contribution in [0.15, 0.2) is 12.3 Å². The Balaban J connectivity index is 2.11. The van der Waals surface area contributed by atoms with Crippen molar-refractivity contribution in [3.8, 4) is 0 Å². The van der Waals surface area contributed by atoms with Gasteiger partial charge in [-0.25, -0.2) is 0 Å². The third kappa shape index (κ3) is 1.99. The summed E-state index contributed by atoms with van der Waals surface area (Å²) < 4.78 is 0. The smallest absolute Gasteiger partial charge is 0.0490 e. The molecule has 1 aromatic rings. The molecule has 0 unspecified atom stereocenters. The normalized spacial score (nSPS) is 22.6. The van der Waals surface area contributed by atoms with Crippen LogP contribution < -0.4 is 0 Å². The van der Waals surface area contributed by atoms with E-state index in [4.69, 9.17) is 0 Å². The first-order valence-electron chi connectivity index (χ1n) is 5.81. The van der Waals surface area contributed by atoms with E-state index in [0.717, 1.165) is 0 Å². The van der Waals surface area contributed by atoms with Gasteiger partial charge in [-0.3, -0.25) is 5.10 Å². The van der Waals surface area contributed by atoms with E-state index in [-0.39, 0.29) is 0 Å². The van der Waals surface area contributed by atoms with Crippen molar-refractivity contribution in [2.45, 2.75) is 57.3 Å². The van der Waals surface area contributed by atoms with Crippen molar-refractivity contribution in [2.24, 2.45) is 0 Å². The SMILES string of the molecule is CC1(c2ccn[nH]2)CCCCCCC1. The van der Waals surface area contributed by atoms with Gasteiger partial charge < -0.3 is 0 Å². The third-order valence-electron chi connectivity index (χ3n) is 3.61. The van der Waals surface area contributed by atoms with Crippen LogP contribution in [0.2, 0.25) is 0 Å². The van der Waals surface area contributed by atoms with Crippen LogP contribution in [-0.4, -0.2) is 10.2 Å². The number of hydrogen-bond acceptors (Lipinski definition) is 1. The van der Waals surface area contributed by atoms with Crippen molar-refractivity contribution in [3.63, 3.8) is 0 Å². The fraction of sp³-hybridized carbons (Fsp3) is 0.750. The molecule has 0 saturated heterocycles. The zero-order valence-electron chi connectivity index (χ0n) is 9.05. The van der Waals surface area contributed by atoms with Gasteiger partial charge in [0.25, 0.3) is 0 Å². The largest absolute Gasteiger partial charge is 0.282 e. The zero-order chi connectivity index (χ0) is 9.86. The molecular formula is C12H20N2. The van der Waals surface area contributed by atoms with Gasteiger partial charge in [0.2, 0.25) is 0 Å². The van der Waals surface area contributed by atoms with Crippen LogP contribution in [-0.2, 0) is 5.41 Å². The molecule has 0 spiro atoms. The first-order valence-corrected chi connectivity index (χ1v) is 5.81. The second-order valence-corrected chi connectivity index (χ2v) is 4.80. The third-order valence-corrected chi connectivity index (χ3v) is 3.61. The zero-order valence-corrected chi connectivity index (χ0v) is 9.05. The average Bonchev–Trinajstić information content (AvgIpc) is 2.65.